The highest BCUT2D eigenvalue weighted by atomic mass is 16.5. The van der Waals surface area contributed by atoms with Crippen LogP contribution in [-0.4, -0.2) is 49.0 Å². The molecule has 0 fully saturated rings. The number of imidazole rings is 1. The van der Waals surface area contributed by atoms with E-state index in [9.17, 15) is 10.2 Å². The van der Waals surface area contributed by atoms with Gasteiger partial charge in [-0.25, -0.2) is 4.98 Å². The van der Waals surface area contributed by atoms with Crippen LogP contribution in [0.4, 0.5) is 11.8 Å². The lowest BCUT2D eigenvalue weighted by molar-refractivity contribution is 0.0943. The number of methoxy groups -OCH3 is 1. The number of ether oxygens (including phenoxy) is 1. The molecule has 0 aliphatic rings. The largest absolute Gasteiger partial charge is 0.504 e. The number of phenols is 1. The van der Waals surface area contributed by atoms with E-state index < -0.39 is 5.60 Å². The van der Waals surface area contributed by atoms with Gasteiger partial charge in [0, 0.05) is 24.7 Å². The van der Waals surface area contributed by atoms with E-state index >= 15 is 0 Å². The zero-order chi connectivity index (χ0) is 21.2. The van der Waals surface area contributed by atoms with Gasteiger partial charge in [0.05, 0.1) is 19.0 Å². The van der Waals surface area contributed by atoms with E-state index in [4.69, 9.17) is 4.74 Å². The lowest BCUT2D eigenvalue weighted by Gasteiger charge is -2.18. The van der Waals surface area contributed by atoms with Crippen molar-refractivity contribution in [1.29, 1.82) is 0 Å². The maximum atomic E-state index is 10.3. The molecule has 4 N–H and O–H groups in total. The van der Waals surface area contributed by atoms with Crippen molar-refractivity contribution in [3.8, 4) is 11.5 Å². The molecule has 0 atom stereocenters. The summed E-state index contributed by atoms with van der Waals surface area (Å²) < 4.78 is 7.13. The van der Waals surface area contributed by atoms with Crippen molar-refractivity contribution in [3.63, 3.8) is 0 Å². The number of para-hydroxylation sites is 1. The lowest BCUT2D eigenvalue weighted by Crippen LogP contribution is -2.30. The van der Waals surface area contributed by atoms with Gasteiger partial charge in [-0.1, -0.05) is 12.1 Å². The molecule has 0 radical (unpaired) electrons. The number of nitrogens with zero attached hydrogens (tertiary/aromatic N) is 4. The third-order valence-corrected chi connectivity index (χ3v) is 4.41. The zero-order valence-corrected chi connectivity index (χ0v) is 17.4. The first-order chi connectivity index (χ1) is 13.7. The average Bonchev–Trinajstić information content (AvgIpc) is 3.09. The van der Waals surface area contributed by atoms with E-state index in [-0.39, 0.29) is 11.8 Å². The number of rotatable bonds is 8. The van der Waals surface area contributed by atoms with Crippen LogP contribution < -0.4 is 15.4 Å². The Morgan fingerprint density at radius 1 is 1.21 bits per heavy atom. The van der Waals surface area contributed by atoms with Gasteiger partial charge in [0.2, 0.25) is 5.95 Å². The summed E-state index contributed by atoms with van der Waals surface area (Å²) in [7, 11) is 1.51. The fraction of sp³-hybridized carbons (Fsp3) is 0.450. The maximum Gasteiger partial charge on any atom is 0.226 e. The molecule has 0 aliphatic heterocycles. The van der Waals surface area contributed by atoms with Gasteiger partial charge in [-0.3, -0.25) is 0 Å². The maximum absolute atomic E-state index is 10.3. The summed E-state index contributed by atoms with van der Waals surface area (Å²) in [6, 6.07) is 5.50. The van der Waals surface area contributed by atoms with Gasteiger partial charge in [0.25, 0.3) is 0 Å². The number of aromatic hydroxyl groups is 1. The molecule has 0 bridgehead atoms. The minimum absolute atomic E-state index is 0.0842. The molecule has 2 aromatic heterocycles. The first-order valence-corrected chi connectivity index (χ1v) is 9.49. The van der Waals surface area contributed by atoms with Crippen molar-refractivity contribution >= 4 is 22.9 Å². The molecule has 3 aromatic rings. The van der Waals surface area contributed by atoms with E-state index in [1.807, 2.05) is 16.7 Å². The van der Waals surface area contributed by atoms with Crippen LogP contribution in [-0.2, 0) is 6.54 Å². The van der Waals surface area contributed by atoms with Crippen LogP contribution in [0, 0.1) is 0 Å². The van der Waals surface area contributed by atoms with Crippen molar-refractivity contribution in [3.05, 3.63) is 30.1 Å². The Morgan fingerprint density at radius 3 is 2.62 bits per heavy atom. The monoisotopic (exact) mass is 400 g/mol. The van der Waals surface area contributed by atoms with E-state index in [0.717, 1.165) is 0 Å². The lowest BCUT2D eigenvalue weighted by atomic mass is 10.1. The van der Waals surface area contributed by atoms with Gasteiger partial charge in [0.15, 0.2) is 28.5 Å². The Hall–Kier alpha value is -3.07. The molecule has 2 heterocycles. The molecule has 29 heavy (non-hydrogen) atoms. The van der Waals surface area contributed by atoms with Crippen LogP contribution in [0.25, 0.3) is 11.2 Å². The highest BCUT2D eigenvalue weighted by molar-refractivity contribution is 5.84. The molecule has 3 rings (SSSR count). The molecule has 9 nitrogen and oxygen atoms in total. The van der Waals surface area contributed by atoms with E-state index in [1.54, 1.807) is 26.2 Å². The summed E-state index contributed by atoms with van der Waals surface area (Å²) in [6.45, 7) is 8.14. The highest BCUT2D eigenvalue weighted by Gasteiger charge is 2.18. The first-order valence-electron chi connectivity index (χ1n) is 9.49. The van der Waals surface area contributed by atoms with Crippen molar-refractivity contribution in [2.24, 2.45) is 0 Å². The summed E-state index contributed by atoms with van der Waals surface area (Å²) >= 11 is 0. The second-order valence-electron chi connectivity index (χ2n) is 7.80. The topological polar surface area (TPSA) is 117 Å². The van der Waals surface area contributed by atoms with Gasteiger partial charge in [-0.15, -0.1) is 0 Å². The van der Waals surface area contributed by atoms with E-state index in [0.29, 0.717) is 47.3 Å². The summed E-state index contributed by atoms with van der Waals surface area (Å²) in [5.74, 6) is 1.42. The van der Waals surface area contributed by atoms with E-state index in [1.165, 1.54) is 7.11 Å². The van der Waals surface area contributed by atoms with Crippen LogP contribution >= 0.6 is 0 Å². The summed E-state index contributed by atoms with van der Waals surface area (Å²) in [6.07, 6.45) is 1.73. The van der Waals surface area contributed by atoms with Crippen molar-refractivity contribution in [2.45, 2.75) is 45.9 Å². The Morgan fingerprint density at radius 2 is 1.97 bits per heavy atom. The molecule has 0 saturated carbocycles. The van der Waals surface area contributed by atoms with Gasteiger partial charge >= 0.3 is 0 Å². The number of hydrogen-bond donors (Lipinski definition) is 4. The molecule has 0 saturated heterocycles. The molecular weight excluding hydrogens is 372 g/mol. The molecule has 156 valence electrons. The Bertz CT molecular complexity index is 994. The van der Waals surface area contributed by atoms with Crippen LogP contribution in [0.15, 0.2) is 24.5 Å². The van der Waals surface area contributed by atoms with Crippen molar-refractivity contribution in [1.82, 2.24) is 19.5 Å². The zero-order valence-electron chi connectivity index (χ0n) is 17.4. The van der Waals surface area contributed by atoms with Gasteiger partial charge in [0.1, 0.15) is 0 Å². The number of nitrogens with one attached hydrogen (secondary N) is 2. The van der Waals surface area contributed by atoms with Crippen LogP contribution in [0.3, 0.4) is 0 Å². The van der Waals surface area contributed by atoms with Crippen molar-refractivity contribution < 1.29 is 14.9 Å². The third kappa shape index (κ3) is 4.68. The second kappa shape index (κ2) is 8.12. The molecule has 9 heteroatoms. The number of anilines is 2. The fourth-order valence-corrected chi connectivity index (χ4v) is 2.85. The number of aromatic nitrogens is 4. The number of hydrogen-bond acceptors (Lipinski definition) is 8. The Balaban J connectivity index is 1.95. The fourth-order valence-electron chi connectivity index (χ4n) is 2.85. The predicted molar refractivity (Wildman–Crippen MR) is 112 cm³/mol. The Labute approximate surface area is 169 Å². The first kappa shape index (κ1) is 20.7. The predicted octanol–water partition coefficient (Wildman–Crippen LogP) is 2.92. The molecular formula is C20H28N6O3. The van der Waals surface area contributed by atoms with Gasteiger partial charge in [-0.05, 0) is 33.8 Å². The minimum atomic E-state index is -0.906. The van der Waals surface area contributed by atoms with Gasteiger partial charge in [-0.2, -0.15) is 9.97 Å². The minimum Gasteiger partial charge on any atom is -0.504 e. The van der Waals surface area contributed by atoms with Crippen molar-refractivity contribution in [2.75, 3.05) is 24.3 Å². The normalized spacial score (nSPS) is 11.8. The molecule has 0 amide bonds. The van der Waals surface area contributed by atoms with E-state index in [2.05, 4.69) is 39.4 Å². The summed E-state index contributed by atoms with van der Waals surface area (Å²) in [5.41, 5.74) is 1.09. The van der Waals surface area contributed by atoms with Crippen LogP contribution in [0.1, 0.15) is 39.3 Å². The Kier molecular flexibility index (Phi) is 5.78. The SMILES string of the molecule is COc1cccc(CNc2nc(NCC(C)(C)O)nc3c2ncn3C(C)C)c1O. The number of fused-ring (bicyclic) bond motifs is 1. The van der Waals surface area contributed by atoms with Crippen LogP contribution in [0.5, 0.6) is 11.5 Å². The smallest absolute Gasteiger partial charge is 0.226 e. The standard InChI is InChI=1S/C20H28N6O3/c1-12(2)26-11-23-15-17(21-9-13-7-6-8-14(29-5)16(13)27)24-19(25-18(15)26)22-10-20(3,4)28/h6-8,11-12,27-28H,9-10H2,1-5H3,(H2,21,22,24,25). The number of phenolic OH excluding ortho intramolecular Hbond substituents is 1. The second-order valence-corrected chi connectivity index (χ2v) is 7.80. The number of benzene rings is 1. The molecule has 0 unspecified atom stereocenters. The summed E-state index contributed by atoms with van der Waals surface area (Å²) in [4.78, 5) is 13.6. The third-order valence-electron chi connectivity index (χ3n) is 4.41. The van der Waals surface area contributed by atoms with Crippen LogP contribution in [0.2, 0.25) is 0 Å². The highest BCUT2D eigenvalue weighted by Crippen LogP contribution is 2.30. The quantitative estimate of drug-likeness (QED) is 0.456. The van der Waals surface area contributed by atoms with Gasteiger partial charge < -0.3 is 30.2 Å². The molecule has 0 aliphatic carbocycles. The summed E-state index contributed by atoms with van der Waals surface area (Å²) in [5, 5.41) is 26.7. The average molecular weight is 400 g/mol. The molecule has 0 spiro atoms. The molecule has 1 aromatic carbocycles. The number of aliphatic hydroxyl groups is 1.